The maximum Gasteiger partial charge on any atom is 0.321 e. The van der Waals surface area contributed by atoms with Gasteiger partial charge in [0.2, 0.25) is 0 Å². The number of rotatable bonds is 3. The van der Waals surface area contributed by atoms with Gasteiger partial charge in [0.25, 0.3) is 0 Å². The van der Waals surface area contributed by atoms with Crippen molar-refractivity contribution in [1.29, 1.82) is 0 Å². The van der Waals surface area contributed by atoms with E-state index >= 15 is 0 Å². The number of anilines is 1. The van der Waals surface area contributed by atoms with Gasteiger partial charge in [-0.1, -0.05) is 43.2 Å². The van der Waals surface area contributed by atoms with Crippen LogP contribution in [0.4, 0.5) is 10.5 Å². The van der Waals surface area contributed by atoms with Crippen molar-refractivity contribution in [2.45, 2.75) is 56.9 Å². The second kappa shape index (κ2) is 11.2. The van der Waals surface area contributed by atoms with Gasteiger partial charge in [-0.2, -0.15) is 0 Å². The Morgan fingerprint density at radius 2 is 1.69 bits per heavy atom. The first kappa shape index (κ1) is 23.8. The maximum atomic E-state index is 13.1. The van der Waals surface area contributed by atoms with Crippen molar-refractivity contribution in [3.63, 3.8) is 0 Å². The molecule has 3 fully saturated rings. The number of fused-ring (bicyclic) bond motifs is 1. The number of amides is 2. The molecule has 0 radical (unpaired) electrons. The average molecular weight is 472 g/mol. The van der Waals surface area contributed by atoms with Gasteiger partial charge >= 0.3 is 6.03 Å². The molecule has 2 aromatic rings. The van der Waals surface area contributed by atoms with Gasteiger partial charge in [-0.25, -0.2) is 4.79 Å². The number of urea groups is 1. The van der Waals surface area contributed by atoms with Crippen molar-refractivity contribution >= 4 is 11.7 Å². The lowest BCUT2D eigenvalue weighted by molar-refractivity contribution is 0.197. The lowest BCUT2D eigenvalue weighted by Gasteiger charge is -2.30. The number of benzene rings is 2. The Balaban J connectivity index is 1.24. The molecule has 0 aromatic heterocycles. The molecule has 3 aliphatic rings. The van der Waals surface area contributed by atoms with Crippen molar-refractivity contribution in [3.05, 3.63) is 59.7 Å². The van der Waals surface area contributed by atoms with Crippen molar-refractivity contribution in [3.8, 4) is 17.6 Å². The highest BCUT2D eigenvalue weighted by molar-refractivity contribution is 5.89. The third kappa shape index (κ3) is 5.82. The third-order valence-electron chi connectivity index (χ3n) is 7.93. The molecule has 0 bridgehead atoms. The fraction of sp³-hybridized carbons (Fsp3) is 0.500. The van der Waals surface area contributed by atoms with Crippen LogP contribution in [-0.2, 0) is 0 Å². The number of carbonyl (C=O) groups is 1. The van der Waals surface area contributed by atoms with E-state index in [9.17, 15) is 4.79 Å². The molecule has 5 heteroatoms. The summed E-state index contributed by atoms with van der Waals surface area (Å²) >= 11 is 0. The maximum absolute atomic E-state index is 13.1. The minimum atomic E-state index is -0.0176. The van der Waals surface area contributed by atoms with Gasteiger partial charge in [-0.15, -0.1) is 0 Å². The summed E-state index contributed by atoms with van der Waals surface area (Å²) in [5.41, 5.74) is 3.29. The molecule has 2 aliphatic heterocycles. The molecule has 1 aliphatic carbocycles. The number of nitrogens with zero attached hydrogens (tertiary/aromatic N) is 2. The molecule has 2 aromatic carbocycles. The van der Waals surface area contributed by atoms with E-state index in [0.717, 1.165) is 56.0 Å². The Labute approximate surface area is 209 Å². The first-order chi connectivity index (χ1) is 17.2. The SMILES string of the molecule is COc1ccc(NC(=O)N2CCCN3CC[C@H](c4ccc(C#CC5CCCCC5)cc4)[C@@H]3C2)cc1. The Morgan fingerprint density at radius 1 is 0.914 bits per heavy atom. The topological polar surface area (TPSA) is 44.8 Å². The zero-order chi connectivity index (χ0) is 24.0. The molecule has 2 heterocycles. The Hall–Kier alpha value is -2.97. The molecule has 5 nitrogen and oxygen atoms in total. The van der Waals surface area contributed by atoms with E-state index in [1.54, 1.807) is 7.11 Å². The summed E-state index contributed by atoms with van der Waals surface area (Å²) in [7, 11) is 1.65. The lowest BCUT2D eigenvalue weighted by atomic mass is 9.89. The summed E-state index contributed by atoms with van der Waals surface area (Å²) in [4.78, 5) is 17.7. The first-order valence-corrected chi connectivity index (χ1v) is 13.2. The summed E-state index contributed by atoms with van der Waals surface area (Å²) in [5, 5.41) is 3.07. The van der Waals surface area contributed by atoms with Crippen molar-refractivity contribution in [2.75, 3.05) is 38.6 Å². The van der Waals surface area contributed by atoms with Gasteiger partial charge in [0.15, 0.2) is 0 Å². The van der Waals surface area contributed by atoms with E-state index in [0.29, 0.717) is 17.9 Å². The molecule has 2 atom stereocenters. The van der Waals surface area contributed by atoms with E-state index in [2.05, 4.69) is 46.3 Å². The largest absolute Gasteiger partial charge is 0.497 e. The fourth-order valence-electron chi connectivity index (χ4n) is 5.92. The third-order valence-corrected chi connectivity index (χ3v) is 7.93. The van der Waals surface area contributed by atoms with E-state index in [1.165, 1.54) is 37.7 Å². The summed E-state index contributed by atoms with van der Waals surface area (Å²) in [5.74, 6) is 8.74. The molecule has 2 amide bonds. The van der Waals surface area contributed by atoms with Gasteiger partial charge in [0.1, 0.15) is 5.75 Å². The zero-order valence-corrected chi connectivity index (χ0v) is 20.8. The minimum Gasteiger partial charge on any atom is -0.497 e. The molecular weight excluding hydrogens is 434 g/mol. The number of ether oxygens (including phenoxy) is 1. The number of hydrogen-bond acceptors (Lipinski definition) is 3. The van der Waals surface area contributed by atoms with Crippen molar-refractivity contribution in [2.24, 2.45) is 5.92 Å². The molecule has 5 rings (SSSR count). The zero-order valence-electron chi connectivity index (χ0n) is 20.8. The second-order valence-corrected chi connectivity index (χ2v) is 10.2. The van der Waals surface area contributed by atoms with Gasteiger partial charge in [-0.3, -0.25) is 4.90 Å². The highest BCUT2D eigenvalue weighted by Gasteiger charge is 2.38. The molecule has 0 unspecified atom stereocenters. The Morgan fingerprint density at radius 3 is 2.43 bits per heavy atom. The van der Waals surface area contributed by atoms with Crippen molar-refractivity contribution in [1.82, 2.24) is 9.80 Å². The number of hydrogen-bond donors (Lipinski definition) is 1. The smallest absolute Gasteiger partial charge is 0.321 e. The van der Waals surface area contributed by atoms with Crippen molar-refractivity contribution < 1.29 is 9.53 Å². The molecule has 1 saturated carbocycles. The van der Waals surface area contributed by atoms with Crippen LogP contribution in [-0.4, -0.2) is 55.2 Å². The van der Waals surface area contributed by atoms with Crippen LogP contribution in [0.2, 0.25) is 0 Å². The molecule has 2 saturated heterocycles. The van der Waals surface area contributed by atoms with Crippen LogP contribution >= 0.6 is 0 Å². The van der Waals surface area contributed by atoms with Gasteiger partial charge < -0.3 is 15.0 Å². The normalized spacial score (nSPS) is 23.1. The summed E-state index contributed by atoms with van der Waals surface area (Å²) in [6, 6.07) is 16.8. The molecule has 184 valence electrons. The fourth-order valence-corrected chi connectivity index (χ4v) is 5.92. The number of nitrogens with one attached hydrogen (secondary N) is 1. The van der Waals surface area contributed by atoms with Crippen LogP contribution in [0.25, 0.3) is 0 Å². The number of methoxy groups -OCH3 is 1. The second-order valence-electron chi connectivity index (χ2n) is 10.2. The highest BCUT2D eigenvalue weighted by atomic mass is 16.5. The van der Waals surface area contributed by atoms with Gasteiger partial charge in [0, 0.05) is 48.8 Å². The molecular formula is C30H37N3O2. The minimum absolute atomic E-state index is 0.0176. The van der Waals surface area contributed by atoms with E-state index in [1.807, 2.05) is 29.2 Å². The van der Waals surface area contributed by atoms with Gasteiger partial charge in [0.05, 0.1) is 7.11 Å². The van der Waals surface area contributed by atoms with Gasteiger partial charge in [-0.05, 0) is 74.2 Å². The monoisotopic (exact) mass is 471 g/mol. The quantitative estimate of drug-likeness (QED) is 0.582. The summed E-state index contributed by atoms with van der Waals surface area (Å²) in [6.45, 7) is 3.71. The van der Waals surface area contributed by atoms with E-state index in [4.69, 9.17) is 4.74 Å². The summed E-state index contributed by atoms with van der Waals surface area (Å²) < 4.78 is 5.22. The predicted octanol–water partition coefficient (Wildman–Crippen LogP) is 5.72. The molecule has 1 N–H and O–H groups in total. The van der Waals surface area contributed by atoms with Crippen LogP contribution < -0.4 is 10.1 Å². The van der Waals surface area contributed by atoms with E-state index in [-0.39, 0.29) is 6.03 Å². The predicted molar refractivity (Wildman–Crippen MR) is 141 cm³/mol. The van der Waals surface area contributed by atoms with Crippen LogP contribution in [0.3, 0.4) is 0 Å². The van der Waals surface area contributed by atoms with Crippen LogP contribution in [0, 0.1) is 17.8 Å². The summed E-state index contributed by atoms with van der Waals surface area (Å²) in [6.07, 6.45) is 8.69. The number of carbonyl (C=O) groups excluding carboxylic acids is 1. The van der Waals surface area contributed by atoms with Crippen LogP contribution in [0.1, 0.15) is 62.0 Å². The Bertz CT molecular complexity index is 1050. The first-order valence-electron chi connectivity index (χ1n) is 13.2. The highest BCUT2D eigenvalue weighted by Crippen LogP contribution is 2.35. The van der Waals surface area contributed by atoms with Crippen LogP contribution in [0.15, 0.2) is 48.5 Å². The average Bonchev–Trinajstić information content (AvgIpc) is 3.18. The molecule has 0 spiro atoms. The Kier molecular flexibility index (Phi) is 7.59. The van der Waals surface area contributed by atoms with Crippen LogP contribution in [0.5, 0.6) is 5.75 Å². The van der Waals surface area contributed by atoms with E-state index < -0.39 is 0 Å². The molecule has 35 heavy (non-hydrogen) atoms. The standard InChI is InChI=1S/C30H37N3O2/c1-35-27-16-14-26(15-17-27)31-30(34)33-20-5-19-32-21-18-28(29(32)22-33)25-12-10-24(11-13-25)9-8-23-6-3-2-4-7-23/h10-17,23,28-29H,2-7,18-22H2,1H3,(H,31,34)/t28-,29+/m1/s1. The lowest BCUT2D eigenvalue weighted by Crippen LogP contribution is -2.43.